The molecule has 3 N–H and O–H groups in total. The zero-order chi connectivity index (χ0) is 28.4. The van der Waals surface area contributed by atoms with Gasteiger partial charge in [-0.15, -0.1) is 0 Å². The van der Waals surface area contributed by atoms with Crippen LogP contribution in [0.25, 0.3) is 17.2 Å². The van der Waals surface area contributed by atoms with E-state index in [4.69, 9.17) is 5.73 Å². The third-order valence-electron chi connectivity index (χ3n) is 5.44. The van der Waals surface area contributed by atoms with Gasteiger partial charge in [-0.25, -0.2) is 34.4 Å². The van der Waals surface area contributed by atoms with Crippen molar-refractivity contribution in [3.05, 3.63) is 47.6 Å². The number of nitrogens with two attached hydrogens (primary N) is 1. The van der Waals surface area contributed by atoms with E-state index in [1.165, 1.54) is 17.0 Å². The van der Waals surface area contributed by atoms with E-state index in [0.29, 0.717) is 24.4 Å². The van der Waals surface area contributed by atoms with Gasteiger partial charge in [-0.1, -0.05) is 6.92 Å². The summed E-state index contributed by atoms with van der Waals surface area (Å²) in [5.74, 6) is -0.831. The number of aryl methyl sites for hydroxylation is 1. The van der Waals surface area contributed by atoms with E-state index < -0.39 is 36.7 Å². The molecule has 0 bridgehead atoms. The van der Waals surface area contributed by atoms with E-state index in [2.05, 4.69) is 40.3 Å². The van der Waals surface area contributed by atoms with Crippen LogP contribution in [0.15, 0.2) is 24.9 Å². The minimum Gasteiger partial charge on any atom is -0.383 e. The Labute approximate surface area is 215 Å². The van der Waals surface area contributed by atoms with Crippen molar-refractivity contribution >= 4 is 23.2 Å². The van der Waals surface area contributed by atoms with Gasteiger partial charge in [-0.05, 0) is 19.3 Å². The van der Waals surface area contributed by atoms with Crippen molar-refractivity contribution in [1.29, 1.82) is 0 Å². The van der Waals surface area contributed by atoms with Crippen LogP contribution in [0.5, 0.6) is 0 Å². The Balaban J connectivity index is 1.61. The minimum atomic E-state index is -4.62. The molecule has 4 aromatic rings. The average Bonchev–Trinajstić information content (AvgIpc) is 3.32. The van der Waals surface area contributed by atoms with Crippen LogP contribution in [-0.2, 0) is 30.2 Å². The SMILES string of the molecule is CCc1c(N)nc(-c2cn3ncnc3c(CCCC(F)(F)F)n2)nc1NC(=O)Cc1ncc(C(F)(F)F)cn1. The van der Waals surface area contributed by atoms with Gasteiger partial charge in [0.1, 0.15) is 29.5 Å². The summed E-state index contributed by atoms with van der Waals surface area (Å²) in [6.45, 7) is 1.74. The van der Waals surface area contributed by atoms with Crippen LogP contribution in [0.2, 0.25) is 0 Å². The molecule has 4 aromatic heterocycles. The fraction of sp³-hybridized carbons (Fsp3) is 0.364. The molecule has 0 spiro atoms. The highest BCUT2D eigenvalue weighted by Gasteiger charge is 2.31. The number of carbonyl (C=O) groups is 1. The zero-order valence-corrected chi connectivity index (χ0v) is 20.2. The maximum Gasteiger partial charge on any atom is 0.419 e. The first-order valence-electron chi connectivity index (χ1n) is 11.4. The number of nitrogens with one attached hydrogen (secondary N) is 1. The Bertz CT molecular complexity index is 1480. The van der Waals surface area contributed by atoms with Crippen LogP contribution < -0.4 is 11.1 Å². The largest absolute Gasteiger partial charge is 0.419 e. The van der Waals surface area contributed by atoms with Gasteiger partial charge < -0.3 is 11.1 Å². The first-order valence-corrected chi connectivity index (χ1v) is 11.4. The monoisotopic (exact) mass is 554 g/mol. The van der Waals surface area contributed by atoms with E-state index in [0.717, 1.165) is 0 Å². The lowest BCUT2D eigenvalue weighted by Crippen LogP contribution is -2.20. The number of hydrogen-bond acceptors (Lipinski definition) is 9. The Hall–Kier alpha value is -4.44. The lowest BCUT2D eigenvalue weighted by molar-refractivity contribution is -0.138. The van der Waals surface area contributed by atoms with Crippen molar-refractivity contribution in [3.63, 3.8) is 0 Å². The molecule has 0 aromatic carbocycles. The van der Waals surface area contributed by atoms with E-state index in [1.54, 1.807) is 6.92 Å². The molecule has 0 saturated carbocycles. The first kappa shape index (κ1) is 27.6. The lowest BCUT2D eigenvalue weighted by Gasteiger charge is -2.13. The van der Waals surface area contributed by atoms with E-state index in [-0.39, 0.29) is 53.2 Å². The van der Waals surface area contributed by atoms with Crippen LogP contribution in [0.3, 0.4) is 0 Å². The quantitative estimate of drug-likeness (QED) is 0.312. The fourth-order valence-corrected chi connectivity index (χ4v) is 3.60. The molecule has 11 nitrogen and oxygen atoms in total. The summed E-state index contributed by atoms with van der Waals surface area (Å²) in [7, 11) is 0. The predicted molar refractivity (Wildman–Crippen MR) is 124 cm³/mol. The smallest absolute Gasteiger partial charge is 0.383 e. The van der Waals surface area contributed by atoms with Crippen molar-refractivity contribution in [2.75, 3.05) is 11.1 Å². The molecule has 0 aliphatic carbocycles. The lowest BCUT2D eigenvalue weighted by atomic mass is 10.2. The number of anilines is 2. The maximum absolute atomic E-state index is 12.7. The summed E-state index contributed by atoms with van der Waals surface area (Å²) in [5.41, 5.74) is 6.04. The molecule has 0 atom stereocenters. The van der Waals surface area contributed by atoms with Crippen molar-refractivity contribution < 1.29 is 31.1 Å². The van der Waals surface area contributed by atoms with Crippen LogP contribution >= 0.6 is 0 Å². The van der Waals surface area contributed by atoms with Gasteiger partial charge in [0.2, 0.25) is 5.91 Å². The molecule has 0 saturated heterocycles. The summed E-state index contributed by atoms with van der Waals surface area (Å²) >= 11 is 0. The number of alkyl halides is 6. The number of rotatable bonds is 8. The predicted octanol–water partition coefficient (Wildman–Crippen LogP) is 3.60. The highest BCUT2D eigenvalue weighted by molar-refractivity contribution is 5.92. The van der Waals surface area contributed by atoms with Crippen LogP contribution in [0, 0.1) is 0 Å². The van der Waals surface area contributed by atoms with Gasteiger partial charge in [0.05, 0.1) is 23.9 Å². The van der Waals surface area contributed by atoms with Gasteiger partial charge in [-0.2, -0.15) is 31.4 Å². The topological polar surface area (TPSA) is 150 Å². The fourth-order valence-electron chi connectivity index (χ4n) is 3.60. The molecule has 0 fully saturated rings. The third-order valence-corrected chi connectivity index (χ3v) is 5.44. The second-order valence-electron chi connectivity index (χ2n) is 8.29. The molecular formula is C22H20F6N10O. The van der Waals surface area contributed by atoms with Gasteiger partial charge >= 0.3 is 12.4 Å². The van der Waals surface area contributed by atoms with Crippen LogP contribution in [0.1, 0.15) is 42.4 Å². The molecule has 0 aliphatic rings. The first-order chi connectivity index (χ1) is 18.3. The summed E-state index contributed by atoms with van der Waals surface area (Å²) in [6.07, 6.45) is -6.58. The number of hydrogen-bond donors (Lipinski definition) is 2. The Morgan fingerprint density at radius 2 is 1.77 bits per heavy atom. The van der Waals surface area contributed by atoms with E-state index in [1.807, 2.05) is 0 Å². The molecule has 4 heterocycles. The van der Waals surface area contributed by atoms with Gasteiger partial charge in [0.15, 0.2) is 11.5 Å². The molecule has 0 radical (unpaired) electrons. The molecule has 1 amide bonds. The highest BCUT2D eigenvalue weighted by Crippen LogP contribution is 2.28. The van der Waals surface area contributed by atoms with Crippen molar-refractivity contribution in [1.82, 2.24) is 39.5 Å². The number of halogens is 6. The Kier molecular flexibility index (Phi) is 7.60. The molecular weight excluding hydrogens is 534 g/mol. The van der Waals surface area contributed by atoms with E-state index >= 15 is 0 Å². The molecule has 0 unspecified atom stereocenters. The molecule has 0 aliphatic heterocycles. The summed E-state index contributed by atoms with van der Waals surface area (Å²) in [5, 5.41) is 6.56. The number of aromatic nitrogens is 8. The molecule has 206 valence electrons. The summed E-state index contributed by atoms with van der Waals surface area (Å²) in [4.78, 5) is 36.8. The third kappa shape index (κ3) is 6.71. The maximum atomic E-state index is 12.7. The normalized spacial score (nSPS) is 12.2. The van der Waals surface area contributed by atoms with Crippen molar-refractivity contribution in [2.45, 2.75) is 51.4 Å². The average molecular weight is 554 g/mol. The number of carbonyl (C=O) groups excluding carboxylic acids is 1. The second kappa shape index (κ2) is 10.7. The minimum absolute atomic E-state index is 0.0164. The highest BCUT2D eigenvalue weighted by atomic mass is 19.4. The molecule has 4 rings (SSSR count). The second-order valence-corrected chi connectivity index (χ2v) is 8.29. The Morgan fingerprint density at radius 1 is 1.05 bits per heavy atom. The Morgan fingerprint density at radius 3 is 2.41 bits per heavy atom. The van der Waals surface area contributed by atoms with Gasteiger partial charge in [-0.3, -0.25) is 4.79 Å². The van der Waals surface area contributed by atoms with Crippen LogP contribution in [-0.4, -0.2) is 51.6 Å². The van der Waals surface area contributed by atoms with Gasteiger partial charge in [0.25, 0.3) is 0 Å². The van der Waals surface area contributed by atoms with E-state index in [9.17, 15) is 31.1 Å². The number of nitrogen functional groups attached to an aromatic ring is 1. The standard InChI is InChI=1S/C22H20F6N10O/c1-2-12-17(29)36-19(14-9-38-20(32-10-33-38)13(34-14)4-3-5-21(23,24)25)37-18(12)35-16(39)6-15-30-7-11(8-31-15)22(26,27)28/h7-10H,2-6H2,1H3,(H3,29,35,36,37,39). The number of amides is 1. The zero-order valence-electron chi connectivity index (χ0n) is 20.2. The van der Waals surface area contributed by atoms with Gasteiger partial charge in [0, 0.05) is 24.4 Å². The number of fused-ring (bicyclic) bond motifs is 1. The van der Waals surface area contributed by atoms with Crippen LogP contribution in [0.4, 0.5) is 38.0 Å². The summed E-state index contributed by atoms with van der Waals surface area (Å²) in [6, 6.07) is 0. The molecule has 17 heteroatoms. The van der Waals surface area contributed by atoms with Crippen molar-refractivity contribution in [2.24, 2.45) is 0 Å². The number of nitrogens with zero attached hydrogens (tertiary/aromatic N) is 8. The van der Waals surface area contributed by atoms with Crippen molar-refractivity contribution in [3.8, 4) is 11.5 Å². The summed E-state index contributed by atoms with van der Waals surface area (Å²) < 4.78 is 77.4. The molecule has 39 heavy (non-hydrogen) atoms.